The molecule has 19 heteroatoms. The maximum Gasteiger partial charge on any atom is 0.315 e. The van der Waals surface area contributed by atoms with Crippen LogP contribution in [0.2, 0.25) is 0 Å². The Kier molecular flexibility index (Phi) is 22.8. The molecule has 0 spiro atoms. The molecule has 19 nitrogen and oxygen atoms in total. The Morgan fingerprint density at radius 3 is 2.12 bits per heavy atom. The van der Waals surface area contributed by atoms with E-state index in [4.69, 9.17) is 9.47 Å². The average Bonchev–Trinajstić information content (AvgIpc) is 4.25. The first kappa shape index (κ1) is 61.0. The van der Waals surface area contributed by atoms with E-state index in [1.807, 2.05) is 65.1 Å². The van der Waals surface area contributed by atoms with Crippen LogP contribution in [0, 0.1) is 23.7 Å². The number of unbranched alkanes of at least 4 members (excludes halogenated alkanes) is 3. The quantitative estimate of drug-likeness (QED) is 0.0527. The maximum atomic E-state index is 14.6. The van der Waals surface area contributed by atoms with Crippen LogP contribution in [0.3, 0.4) is 0 Å². The average molecular weight is 1080 g/mol. The minimum Gasteiger partial charge on any atom is -0.379 e. The van der Waals surface area contributed by atoms with E-state index in [1.165, 1.54) is 24.2 Å². The van der Waals surface area contributed by atoms with Crippen LogP contribution in [-0.4, -0.2) is 163 Å². The van der Waals surface area contributed by atoms with E-state index in [-0.39, 0.29) is 78.7 Å². The molecule has 2 aromatic carbocycles. The van der Waals surface area contributed by atoms with Gasteiger partial charge in [0.2, 0.25) is 29.5 Å². The van der Waals surface area contributed by atoms with Gasteiger partial charge in [-0.15, -0.1) is 0 Å². The van der Waals surface area contributed by atoms with Crippen molar-refractivity contribution in [3.8, 4) is 0 Å². The molecule has 428 valence electrons. The summed E-state index contributed by atoms with van der Waals surface area (Å²) in [4.78, 5) is 114. The number of benzene rings is 2. The summed E-state index contributed by atoms with van der Waals surface area (Å²) in [6.45, 7) is 11.3. The van der Waals surface area contributed by atoms with Gasteiger partial charge >= 0.3 is 6.03 Å². The molecule has 5 N–H and O–H groups in total. The number of urea groups is 1. The Labute approximate surface area is 461 Å². The number of fused-ring (bicyclic) bond motifs is 2. The van der Waals surface area contributed by atoms with E-state index < -0.39 is 54.1 Å². The number of hydrogen-bond donors (Lipinski definition) is 5. The number of nitrogens with one attached hydrogen (secondary N) is 5. The number of piperidine rings is 1. The number of carbonyl (C=O) groups excluding carboxylic acids is 8. The second-order valence-corrected chi connectivity index (χ2v) is 22.3. The molecule has 3 heterocycles. The van der Waals surface area contributed by atoms with Crippen molar-refractivity contribution in [1.29, 1.82) is 0 Å². The molecular weight excluding hydrogens is 995 g/mol. The number of amides is 9. The molecule has 4 aliphatic rings. The Morgan fingerprint density at radius 1 is 0.795 bits per heavy atom. The third-order valence-electron chi connectivity index (χ3n) is 16.7. The highest BCUT2D eigenvalue weighted by molar-refractivity contribution is 6.12. The monoisotopic (exact) mass is 1080 g/mol. The number of carbonyl (C=O) groups is 8. The highest BCUT2D eigenvalue weighted by Gasteiger charge is 2.49. The second kappa shape index (κ2) is 29.2. The number of imide groups is 1. The molecule has 2 saturated heterocycles. The van der Waals surface area contributed by atoms with Gasteiger partial charge in [0.1, 0.15) is 12.1 Å². The number of methoxy groups -OCH3 is 2. The van der Waals surface area contributed by atoms with Crippen molar-refractivity contribution in [2.75, 3.05) is 53.3 Å². The molecule has 0 unspecified atom stereocenters. The standard InChI is InChI=1S/C59H87N9O10/c1-10-38(4)52(66(7)58(75)51(37(2)3)64-57(74)53-42-24-27-44(34-42)65(53)6)47(77-8)35-50(71)67-32-18-21-46(67)54(78-9)39(5)55(72)63-45(33-40-19-14-13-15-20-40)56(73)62-43-25-22-41(23-26-43)36-61-59(76)60-30-16-11-12-17-31-68-48(69)28-29-49(68)70/h13-15,19-20,22-23,25-26,28-29,37-39,42,44-47,51-54H,10-12,16-18,21,24,27,30-36H2,1-9H3,(H,62,73)(H,63,72)(H,64,74)(H2,60,61,76)/t38-,39+,42-,44+,45-,46-,47-,51-,52-,53-,54+/m0/s1. The Balaban J connectivity index is 1.02. The second-order valence-electron chi connectivity index (χ2n) is 22.3. The highest BCUT2D eigenvalue weighted by atomic mass is 16.5. The summed E-state index contributed by atoms with van der Waals surface area (Å²) < 4.78 is 12.2. The number of likely N-dealkylation sites (N-methyl/N-ethyl adjacent to an activating group) is 2. The normalized spacial score (nSPS) is 21.7. The van der Waals surface area contributed by atoms with Gasteiger partial charge in [-0.05, 0) is 93.0 Å². The van der Waals surface area contributed by atoms with Gasteiger partial charge in [0, 0.05) is 77.7 Å². The van der Waals surface area contributed by atoms with Crippen molar-refractivity contribution in [2.45, 2.75) is 167 Å². The van der Waals surface area contributed by atoms with Crippen LogP contribution in [0.4, 0.5) is 10.5 Å². The molecule has 3 aliphatic heterocycles. The fourth-order valence-electron chi connectivity index (χ4n) is 12.0. The summed E-state index contributed by atoms with van der Waals surface area (Å²) >= 11 is 0. The van der Waals surface area contributed by atoms with Crippen LogP contribution < -0.4 is 26.6 Å². The van der Waals surface area contributed by atoms with Gasteiger partial charge < -0.3 is 45.9 Å². The van der Waals surface area contributed by atoms with E-state index in [1.54, 1.807) is 55.1 Å². The summed E-state index contributed by atoms with van der Waals surface area (Å²) in [6.07, 6.45) is 9.61. The molecule has 2 aromatic rings. The minimum atomic E-state index is -0.968. The molecule has 78 heavy (non-hydrogen) atoms. The molecule has 0 radical (unpaired) electrons. The van der Waals surface area contributed by atoms with Gasteiger partial charge in [0.15, 0.2) is 0 Å². The van der Waals surface area contributed by atoms with Crippen molar-refractivity contribution >= 4 is 53.1 Å². The first-order valence-corrected chi connectivity index (χ1v) is 28.3. The van der Waals surface area contributed by atoms with E-state index >= 15 is 0 Å². The molecule has 2 bridgehead atoms. The predicted molar refractivity (Wildman–Crippen MR) is 297 cm³/mol. The lowest BCUT2D eigenvalue weighted by Gasteiger charge is -2.41. The zero-order chi connectivity index (χ0) is 56.6. The number of rotatable bonds is 29. The summed E-state index contributed by atoms with van der Waals surface area (Å²) in [6, 6.07) is 13.6. The first-order chi connectivity index (χ1) is 37.4. The summed E-state index contributed by atoms with van der Waals surface area (Å²) in [5.41, 5.74) is 2.16. The third-order valence-corrected chi connectivity index (χ3v) is 16.7. The van der Waals surface area contributed by atoms with Crippen LogP contribution in [0.25, 0.3) is 0 Å². The van der Waals surface area contributed by atoms with Gasteiger partial charge in [-0.1, -0.05) is 96.3 Å². The van der Waals surface area contributed by atoms with Gasteiger partial charge in [0.05, 0.1) is 42.7 Å². The van der Waals surface area contributed by atoms with Crippen molar-refractivity contribution in [3.05, 3.63) is 77.9 Å². The smallest absolute Gasteiger partial charge is 0.315 e. The lowest BCUT2D eigenvalue weighted by Crippen LogP contribution is -2.60. The summed E-state index contributed by atoms with van der Waals surface area (Å²) in [7, 11) is 6.83. The molecule has 6 rings (SSSR count). The van der Waals surface area contributed by atoms with Gasteiger partial charge in [0.25, 0.3) is 11.8 Å². The molecule has 1 aliphatic carbocycles. The number of nitrogens with zero attached hydrogens (tertiary/aromatic N) is 4. The maximum absolute atomic E-state index is 14.6. The van der Waals surface area contributed by atoms with Gasteiger partial charge in [-0.2, -0.15) is 0 Å². The van der Waals surface area contributed by atoms with Gasteiger partial charge in [-0.3, -0.25) is 43.4 Å². The molecule has 0 aromatic heterocycles. The van der Waals surface area contributed by atoms with Crippen LogP contribution in [0.1, 0.15) is 116 Å². The molecule has 3 fully saturated rings. The lowest BCUT2D eigenvalue weighted by molar-refractivity contribution is -0.148. The zero-order valence-corrected chi connectivity index (χ0v) is 47.5. The van der Waals surface area contributed by atoms with E-state index in [9.17, 15) is 38.4 Å². The van der Waals surface area contributed by atoms with Crippen molar-refractivity contribution in [1.82, 2.24) is 40.9 Å². The minimum absolute atomic E-state index is 0.0191. The molecule has 1 saturated carbocycles. The molecule has 9 amide bonds. The van der Waals surface area contributed by atoms with Crippen LogP contribution in [-0.2, 0) is 56.0 Å². The summed E-state index contributed by atoms with van der Waals surface area (Å²) in [5, 5.41) is 14.8. The SMILES string of the molecule is CC[C@H](C)[C@@H]([C@H](CC(=O)N1CCC[C@H]1[C@H](OC)[C@@H](C)C(=O)N[C@@H](Cc1ccccc1)C(=O)Nc1ccc(CNC(=O)NCCCCCCN2C(=O)C=CC2=O)cc1)OC)N(C)C(=O)[C@@H](NC(=O)[C@@H]1[C@H]2CC[C@H](C2)N1C)C(C)C. The van der Waals surface area contributed by atoms with Crippen molar-refractivity contribution in [3.63, 3.8) is 0 Å². The van der Waals surface area contributed by atoms with E-state index in [2.05, 4.69) is 31.5 Å². The Morgan fingerprint density at radius 2 is 1.49 bits per heavy atom. The topological polar surface area (TPSA) is 228 Å². The van der Waals surface area contributed by atoms with Crippen molar-refractivity contribution in [2.24, 2.45) is 23.7 Å². The van der Waals surface area contributed by atoms with Crippen LogP contribution >= 0.6 is 0 Å². The zero-order valence-electron chi connectivity index (χ0n) is 47.5. The fraction of sp³-hybridized carbons (Fsp3) is 0.627. The lowest BCUT2D eigenvalue weighted by atomic mass is 9.89. The third kappa shape index (κ3) is 15.8. The largest absolute Gasteiger partial charge is 0.379 e. The Bertz CT molecular complexity index is 2380. The summed E-state index contributed by atoms with van der Waals surface area (Å²) in [5.74, 6) is -2.64. The van der Waals surface area contributed by atoms with E-state index in [0.29, 0.717) is 57.0 Å². The van der Waals surface area contributed by atoms with Crippen LogP contribution in [0.5, 0.6) is 0 Å². The number of hydrogen-bond acceptors (Lipinski definition) is 11. The van der Waals surface area contributed by atoms with Gasteiger partial charge in [-0.25, -0.2) is 4.79 Å². The fourth-order valence-corrected chi connectivity index (χ4v) is 12.0. The molecular formula is C59H87N9O10. The van der Waals surface area contributed by atoms with E-state index in [0.717, 1.165) is 49.7 Å². The highest BCUT2D eigenvalue weighted by Crippen LogP contribution is 2.41. The van der Waals surface area contributed by atoms with Crippen LogP contribution in [0.15, 0.2) is 66.7 Å². The Hall–Kier alpha value is -6.18. The first-order valence-electron chi connectivity index (χ1n) is 28.3. The number of anilines is 1. The number of ether oxygens (including phenoxy) is 2. The predicted octanol–water partition coefficient (Wildman–Crippen LogP) is 5.18. The molecule has 11 atom stereocenters. The van der Waals surface area contributed by atoms with Crippen molar-refractivity contribution < 1.29 is 47.8 Å². The number of likely N-dealkylation sites (tertiary alicyclic amines) is 2.